The van der Waals surface area contributed by atoms with Gasteiger partial charge in [0, 0.05) is 17.0 Å². The molecule has 0 saturated heterocycles. The molecule has 0 aliphatic heterocycles. The number of thiophene rings is 1. The number of aromatic nitrogens is 2. The van der Waals surface area contributed by atoms with E-state index in [0.29, 0.717) is 26.8 Å². The third-order valence-electron chi connectivity index (χ3n) is 4.67. The summed E-state index contributed by atoms with van der Waals surface area (Å²) in [6.07, 6.45) is 0.807. The number of urea groups is 1. The SMILES string of the molecule is CCc1sc2nc(SCC(=O)NC(=O)NC(C)C)n(-c3cccc(OC)c3)c(=O)c2c1C. The second kappa shape index (κ2) is 10.2. The van der Waals surface area contributed by atoms with Crippen LogP contribution in [0.2, 0.25) is 0 Å². The van der Waals surface area contributed by atoms with Gasteiger partial charge < -0.3 is 10.1 Å². The maximum atomic E-state index is 13.6. The van der Waals surface area contributed by atoms with Gasteiger partial charge in [0.05, 0.1) is 23.9 Å². The number of benzene rings is 1. The Morgan fingerprint density at radius 3 is 2.72 bits per heavy atom. The van der Waals surface area contributed by atoms with Gasteiger partial charge in [-0.15, -0.1) is 11.3 Å². The highest BCUT2D eigenvalue weighted by Crippen LogP contribution is 2.31. The molecule has 2 heterocycles. The quantitative estimate of drug-likeness (QED) is 0.400. The largest absolute Gasteiger partial charge is 0.497 e. The van der Waals surface area contributed by atoms with Crippen LogP contribution in [0, 0.1) is 6.92 Å². The van der Waals surface area contributed by atoms with Crippen molar-refractivity contribution in [3.63, 3.8) is 0 Å². The minimum absolute atomic E-state index is 0.0710. The second-order valence-electron chi connectivity index (χ2n) is 7.39. The van der Waals surface area contributed by atoms with Crippen LogP contribution in [0.3, 0.4) is 0 Å². The zero-order valence-electron chi connectivity index (χ0n) is 18.6. The number of imide groups is 1. The van der Waals surface area contributed by atoms with Crippen LogP contribution in [0.15, 0.2) is 34.2 Å². The van der Waals surface area contributed by atoms with Gasteiger partial charge in [-0.3, -0.25) is 19.5 Å². The second-order valence-corrected chi connectivity index (χ2v) is 9.41. The van der Waals surface area contributed by atoms with Crippen molar-refractivity contribution in [1.82, 2.24) is 20.2 Å². The van der Waals surface area contributed by atoms with Crippen molar-refractivity contribution in [3.8, 4) is 11.4 Å². The van der Waals surface area contributed by atoms with Crippen molar-refractivity contribution in [1.29, 1.82) is 0 Å². The monoisotopic (exact) mass is 474 g/mol. The van der Waals surface area contributed by atoms with Gasteiger partial charge in [0.2, 0.25) is 5.91 Å². The minimum atomic E-state index is -0.555. The number of ether oxygens (including phenoxy) is 1. The molecule has 0 atom stereocenters. The molecule has 0 aliphatic rings. The molecule has 0 aliphatic carbocycles. The van der Waals surface area contributed by atoms with Gasteiger partial charge >= 0.3 is 6.03 Å². The van der Waals surface area contributed by atoms with Crippen LogP contribution in [0.5, 0.6) is 5.75 Å². The summed E-state index contributed by atoms with van der Waals surface area (Å²) in [4.78, 5) is 44.1. The van der Waals surface area contributed by atoms with E-state index in [9.17, 15) is 14.4 Å². The molecule has 3 aromatic rings. The lowest BCUT2D eigenvalue weighted by molar-refractivity contribution is -0.117. The van der Waals surface area contributed by atoms with Crippen molar-refractivity contribution in [3.05, 3.63) is 45.1 Å². The molecule has 3 amide bonds. The first-order valence-corrected chi connectivity index (χ1v) is 12.0. The summed E-state index contributed by atoms with van der Waals surface area (Å²) in [6.45, 7) is 7.58. The number of carbonyl (C=O) groups excluding carboxylic acids is 2. The molecule has 2 N–H and O–H groups in total. The van der Waals surface area contributed by atoms with E-state index >= 15 is 0 Å². The van der Waals surface area contributed by atoms with Crippen LogP contribution < -0.4 is 20.9 Å². The van der Waals surface area contributed by atoms with Crippen LogP contribution in [0.4, 0.5) is 4.79 Å². The summed E-state index contributed by atoms with van der Waals surface area (Å²) in [7, 11) is 1.56. The molecular weight excluding hydrogens is 448 g/mol. The fourth-order valence-electron chi connectivity index (χ4n) is 3.21. The fraction of sp³-hybridized carbons (Fsp3) is 0.364. The Balaban J connectivity index is 2.03. The number of carbonyl (C=O) groups is 2. The molecule has 170 valence electrons. The molecule has 1 aromatic carbocycles. The predicted octanol–water partition coefficient (Wildman–Crippen LogP) is 3.65. The Kier molecular flexibility index (Phi) is 7.57. The van der Waals surface area contributed by atoms with Crippen LogP contribution in [0.1, 0.15) is 31.2 Å². The lowest BCUT2D eigenvalue weighted by atomic mass is 10.2. The molecular formula is C22H26N4O4S2. The molecule has 3 rings (SSSR count). The predicted molar refractivity (Wildman–Crippen MR) is 128 cm³/mol. The van der Waals surface area contributed by atoms with Crippen molar-refractivity contribution >= 4 is 45.3 Å². The molecule has 0 radical (unpaired) electrons. The molecule has 32 heavy (non-hydrogen) atoms. The zero-order chi connectivity index (χ0) is 23.4. The topological polar surface area (TPSA) is 102 Å². The third-order valence-corrected chi connectivity index (χ3v) is 6.94. The standard InChI is InChI=1S/C22H26N4O4S2/c1-6-16-13(4)18-19(32-16)25-22(31-11-17(27)24-21(29)23-12(2)3)26(20(18)28)14-8-7-9-15(10-14)30-5/h7-10,12H,6,11H2,1-5H3,(H2,23,24,27,29). The van der Waals surface area contributed by atoms with E-state index in [1.54, 1.807) is 45.2 Å². The van der Waals surface area contributed by atoms with E-state index in [1.807, 2.05) is 13.8 Å². The Labute approximate surface area is 194 Å². The highest BCUT2D eigenvalue weighted by molar-refractivity contribution is 7.99. The van der Waals surface area contributed by atoms with E-state index in [1.165, 1.54) is 15.9 Å². The number of rotatable bonds is 7. The Morgan fingerprint density at radius 1 is 1.31 bits per heavy atom. The summed E-state index contributed by atoms with van der Waals surface area (Å²) >= 11 is 2.59. The summed E-state index contributed by atoms with van der Waals surface area (Å²) < 4.78 is 6.81. The maximum absolute atomic E-state index is 13.6. The van der Waals surface area contributed by atoms with Crippen molar-refractivity contribution < 1.29 is 14.3 Å². The molecule has 0 saturated carbocycles. The number of hydrogen-bond donors (Lipinski definition) is 2. The van der Waals surface area contributed by atoms with Crippen LogP contribution in [-0.4, -0.2) is 40.4 Å². The number of nitrogens with one attached hydrogen (secondary N) is 2. The van der Waals surface area contributed by atoms with Crippen molar-refractivity contribution in [2.24, 2.45) is 0 Å². The first-order chi connectivity index (χ1) is 15.2. The van der Waals surface area contributed by atoms with Gasteiger partial charge in [0.1, 0.15) is 10.6 Å². The van der Waals surface area contributed by atoms with Gasteiger partial charge in [0.25, 0.3) is 5.56 Å². The minimum Gasteiger partial charge on any atom is -0.497 e. The molecule has 2 aromatic heterocycles. The summed E-state index contributed by atoms with van der Waals surface area (Å²) in [5.41, 5.74) is 1.33. The number of amides is 3. The smallest absolute Gasteiger partial charge is 0.321 e. The first-order valence-electron chi connectivity index (χ1n) is 10.2. The van der Waals surface area contributed by atoms with Gasteiger partial charge in [-0.1, -0.05) is 24.8 Å². The van der Waals surface area contributed by atoms with Crippen molar-refractivity contribution in [2.45, 2.75) is 45.3 Å². The number of hydrogen-bond acceptors (Lipinski definition) is 7. The lowest BCUT2D eigenvalue weighted by Gasteiger charge is -2.13. The van der Waals surface area contributed by atoms with Gasteiger partial charge in [-0.25, -0.2) is 9.78 Å². The van der Waals surface area contributed by atoms with E-state index < -0.39 is 11.9 Å². The van der Waals surface area contributed by atoms with Crippen LogP contribution in [-0.2, 0) is 11.2 Å². The first kappa shape index (κ1) is 23.8. The third kappa shape index (κ3) is 5.13. The number of methoxy groups -OCH3 is 1. The molecule has 0 spiro atoms. The van der Waals surface area contributed by atoms with E-state index in [-0.39, 0.29) is 17.4 Å². The summed E-state index contributed by atoms with van der Waals surface area (Å²) in [6, 6.07) is 6.48. The van der Waals surface area contributed by atoms with Crippen LogP contribution >= 0.6 is 23.1 Å². The number of nitrogens with zero attached hydrogens (tertiary/aromatic N) is 2. The normalized spacial score (nSPS) is 11.1. The number of thioether (sulfide) groups is 1. The van der Waals surface area contributed by atoms with Gasteiger partial charge in [-0.2, -0.15) is 0 Å². The van der Waals surface area contributed by atoms with E-state index in [4.69, 9.17) is 9.72 Å². The summed E-state index contributed by atoms with van der Waals surface area (Å²) in [5.74, 6) is 0.0550. The van der Waals surface area contributed by atoms with Gasteiger partial charge in [-0.05, 0) is 44.9 Å². The van der Waals surface area contributed by atoms with E-state index in [0.717, 1.165) is 28.6 Å². The number of aryl methyl sites for hydroxylation is 2. The van der Waals surface area contributed by atoms with Gasteiger partial charge in [0.15, 0.2) is 5.16 Å². The average molecular weight is 475 g/mol. The van der Waals surface area contributed by atoms with Crippen LogP contribution in [0.25, 0.3) is 15.9 Å². The Bertz CT molecular complexity index is 1220. The molecule has 0 unspecified atom stereocenters. The van der Waals surface area contributed by atoms with Crippen molar-refractivity contribution in [2.75, 3.05) is 12.9 Å². The maximum Gasteiger partial charge on any atom is 0.321 e. The number of fused-ring (bicyclic) bond motifs is 1. The zero-order valence-corrected chi connectivity index (χ0v) is 20.3. The summed E-state index contributed by atoms with van der Waals surface area (Å²) in [5, 5.41) is 5.86. The molecule has 0 fully saturated rings. The Hall–Kier alpha value is -2.85. The highest BCUT2D eigenvalue weighted by Gasteiger charge is 2.20. The molecule has 8 nitrogen and oxygen atoms in total. The molecule has 10 heteroatoms. The lowest BCUT2D eigenvalue weighted by Crippen LogP contribution is -2.43. The fourth-order valence-corrected chi connectivity index (χ4v) is 5.18. The van der Waals surface area contributed by atoms with E-state index in [2.05, 4.69) is 10.6 Å². The highest BCUT2D eigenvalue weighted by atomic mass is 32.2. The molecule has 0 bridgehead atoms. The Morgan fingerprint density at radius 2 is 2.06 bits per heavy atom. The average Bonchev–Trinajstić information content (AvgIpc) is 3.07.